The van der Waals surface area contributed by atoms with E-state index < -0.39 is 0 Å². The van der Waals surface area contributed by atoms with E-state index in [9.17, 15) is 4.79 Å². The van der Waals surface area contributed by atoms with Gasteiger partial charge in [-0.05, 0) is 49.3 Å². The SMILES string of the molecule is CCOC(=O)C=C(C)c1ccc(C2CCCCCC2)cc1. The first-order valence-corrected chi connectivity index (χ1v) is 8.16. The van der Waals surface area contributed by atoms with Gasteiger partial charge in [-0.25, -0.2) is 4.79 Å². The zero-order chi connectivity index (χ0) is 15.1. The second-order valence-electron chi connectivity index (χ2n) is 5.89. The van der Waals surface area contributed by atoms with Crippen molar-refractivity contribution in [1.29, 1.82) is 0 Å². The fraction of sp³-hybridized carbons (Fsp3) is 0.526. The second kappa shape index (κ2) is 8.02. The largest absolute Gasteiger partial charge is 0.463 e. The summed E-state index contributed by atoms with van der Waals surface area (Å²) in [5, 5.41) is 0. The lowest BCUT2D eigenvalue weighted by atomic mass is 9.90. The minimum absolute atomic E-state index is 0.261. The van der Waals surface area contributed by atoms with Crippen LogP contribution in [0, 0.1) is 0 Å². The van der Waals surface area contributed by atoms with Gasteiger partial charge in [0.25, 0.3) is 0 Å². The molecule has 1 fully saturated rings. The molecule has 114 valence electrons. The van der Waals surface area contributed by atoms with E-state index in [1.165, 1.54) is 44.1 Å². The summed E-state index contributed by atoms with van der Waals surface area (Å²) >= 11 is 0. The average molecular weight is 286 g/mol. The lowest BCUT2D eigenvalue weighted by Gasteiger charge is -2.15. The molecule has 2 nitrogen and oxygen atoms in total. The predicted octanol–water partition coefficient (Wildman–Crippen LogP) is 5.09. The van der Waals surface area contributed by atoms with Gasteiger partial charge in [-0.2, -0.15) is 0 Å². The standard InChI is InChI=1S/C19H26O2/c1-3-21-19(20)14-15(2)16-10-12-18(13-11-16)17-8-6-4-5-7-9-17/h10-14,17H,3-9H2,1-2H3. The van der Waals surface area contributed by atoms with Crippen molar-refractivity contribution in [1.82, 2.24) is 0 Å². The number of hydrogen-bond acceptors (Lipinski definition) is 2. The van der Waals surface area contributed by atoms with E-state index in [0.717, 1.165) is 17.1 Å². The number of rotatable bonds is 4. The van der Waals surface area contributed by atoms with Crippen molar-refractivity contribution >= 4 is 11.5 Å². The molecule has 21 heavy (non-hydrogen) atoms. The minimum atomic E-state index is -0.261. The Bertz CT molecular complexity index is 477. The van der Waals surface area contributed by atoms with E-state index in [-0.39, 0.29) is 5.97 Å². The number of esters is 1. The minimum Gasteiger partial charge on any atom is -0.463 e. The maximum atomic E-state index is 11.5. The van der Waals surface area contributed by atoms with Crippen LogP contribution < -0.4 is 0 Å². The molecule has 1 aromatic rings. The Hall–Kier alpha value is -1.57. The van der Waals surface area contributed by atoms with Crippen LogP contribution in [0.4, 0.5) is 0 Å². The number of hydrogen-bond donors (Lipinski definition) is 0. The molecule has 0 heterocycles. The van der Waals surface area contributed by atoms with Gasteiger partial charge in [0.1, 0.15) is 0 Å². The molecule has 0 aromatic heterocycles. The average Bonchev–Trinajstić information content (AvgIpc) is 2.76. The van der Waals surface area contributed by atoms with Crippen molar-refractivity contribution in [2.75, 3.05) is 6.61 Å². The summed E-state index contributed by atoms with van der Waals surface area (Å²) in [6.45, 7) is 4.20. The Balaban J connectivity index is 2.05. The Morgan fingerprint density at radius 3 is 2.33 bits per heavy atom. The van der Waals surface area contributed by atoms with E-state index in [1.54, 1.807) is 6.08 Å². The molecule has 0 saturated heterocycles. The molecular formula is C19H26O2. The summed E-state index contributed by atoms with van der Waals surface area (Å²) < 4.78 is 4.95. The van der Waals surface area contributed by atoms with Crippen molar-refractivity contribution < 1.29 is 9.53 Å². The van der Waals surface area contributed by atoms with Crippen molar-refractivity contribution in [3.8, 4) is 0 Å². The van der Waals surface area contributed by atoms with Gasteiger partial charge in [0.15, 0.2) is 0 Å². The monoisotopic (exact) mass is 286 g/mol. The number of allylic oxidation sites excluding steroid dienone is 1. The topological polar surface area (TPSA) is 26.3 Å². The van der Waals surface area contributed by atoms with Crippen LogP contribution >= 0.6 is 0 Å². The summed E-state index contributed by atoms with van der Waals surface area (Å²) in [4.78, 5) is 11.5. The quantitative estimate of drug-likeness (QED) is 0.438. The fourth-order valence-electron chi connectivity index (χ4n) is 3.07. The van der Waals surface area contributed by atoms with Gasteiger partial charge in [0.05, 0.1) is 6.61 Å². The molecule has 2 rings (SSSR count). The Morgan fingerprint density at radius 2 is 1.76 bits per heavy atom. The molecule has 2 heteroatoms. The molecule has 1 saturated carbocycles. The predicted molar refractivity (Wildman–Crippen MR) is 87.2 cm³/mol. The van der Waals surface area contributed by atoms with Crippen LogP contribution in [-0.2, 0) is 9.53 Å². The van der Waals surface area contributed by atoms with Gasteiger partial charge in [0.2, 0.25) is 0 Å². The van der Waals surface area contributed by atoms with Crippen molar-refractivity contribution in [2.45, 2.75) is 58.3 Å². The van der Waals surface area contributed by atoms with Crippen LogP contribution in [0.3, 0.4) is 0 Å². The molecule has 0 amide bonds. The highest BCUT2D eigenvalue weighted by molar-refractivity contribution is 5.90. The third kappa shape index (κ3) is 4.73. The summed E-state index contributed by atoms with van der Waals surface area (Å²) in [6.07, 6.45) is 9.69. The van der Waals surface area contributed by atoms with E-state index in [1.807, 2.05) is 13.8 Å². The normalized spacial score (nSPS) is 17.3. The summed E-state index contributed by atoms with van der Waals surface area (Å²) in [6, 6.07) is 8.72. The first-order valence-electron chi connectivity index (χ1n) is 8.16. The lowest BCUT2D eigenvalue weighted by molar-refractivity contribution is -0.137. The Labute approximate surface area is 128 Å². The third-order valence-corrected chi connectivity index (χ3v) is 4.31. The Kier molecular flexibility index (Phi) is 6.04. The molecular weight excluding hydrogens is 260 g/mol. The smallest absolute Gasteiger partial charge is 0.331 e. The van der Waals surface area contributed by atoms with Crippen molar-refractivity contribution in [3.63, 3.8) is 0 Å². The van der Waals surface area contributed by atoms with Gasteiger partial charge in [-0.15, -0.1) is 0 Å². The maximum Gasteiger partial charge on any atom is 0.331 e. The van der Waals surface area contributed by atoms with Gasteiger partial charge in [0, 0.05) is 6.08 Å². The van der Waals surface area contributed by atoms with E-state index in [2.05, 4.69) is 24.3 Å². The first-order chi connectivity index (χ1) is 10.2. The van der Waals surface area contributed by atoms with Gasteiger partial charge in [-0.1, -0.05) is 49.9 Å². The van der Waals surface area contributed by atoms with Gasteiger partial charge < -0.3 is 4.74 Å². The van der Waals surface area contributed by atoms with Crippen LogP contribution in [0.1, 0.15) is 69.4 Å². The molecule has 0 bridgehead atoms. The molecule has 0 atom stereocenters. The maximum absolute atomic E-state index is 11.5. The molecule has 1 aliphatic rings. The van der Waals surface area contributed by atoms with Crippen LogP contribution in [0.15, 0.2) is 30.3 Å². The fourth-order valence-corrected chi connectivity index (χ4v) is 3.07. The van der Waals surface area contributed by atoms with Crippen molar-refractivity contribution in [3.05, 3.63) is 41.5 Å². The van der Waals surface area contributed by atoms with E-state index >= 15 is 0 Å². The molecule has 0 aliphatic heterocycles. The van der Waals surface area contributed by atoms with Crippen molar-refractivity contribution in [2.24, 2.45) is 0 Å². The number of benzene rings is 1. The molecule has 1 aliphatic carbocycles. The summed E-state index contributed by atoms with van der Waals surface area (Å²) in [5.74, 6) is 0.457. The molecule has 0 spiro atoms. The van der Waals surface area contributed by atoms with Gasteiger partial charge >= 0.3 is 5.97 Å². The van der Waals surface area contributed by atoms with Crippen LogP contribution in [0.2, 0.25) is 0 Å². The highest BCUT2D eigenvalue weighted by Gasteiger charge is 2.14. The van der Waals surface area contributed by atoms with E-state index in [4.69, 9.17) is 4.74 Å². The number of carbonyl (C=O) groups excluding carboxylic acids is 1. The third-order valence-electron chi connectivity index (χ3n) is 4.31. The summed E-state index contributed by atoms with van der Waals surface area (Å²) in [7, 11) is 0. The first kappa shape index (κ1) is 15.8. The van der Waals surface area contributed by atoms with Crippen LogP contribution in [-0.4, -0.2) is 12.6 Å². The lowest BCUT2D eigenvalue weighted by Crippen LogP contribution is -2.00. The molecule has 1 aromatic carbocycles. The molecule has 0 radical (unpaired) electrons. The zero-order valence-corrected chi connectivity index (χ0v) is 13.2. The highest BCUT2D eigenvalue weighted by atomic mass is 16.5. The highest BCUT2D eigenvalue weighted by Crippen LogP contribution is 2.32. The molecule has 0 unspecified atom stereocenters. The summed E-state index contributed by atoms with van der Waals surface area (Å²) in [5.41, 5.74) is 3.51. The van der Waals surface area contributed by atoms with Gasteiger partial charge in [-0.3, -0.25) is 0 Å². The number of ether oxygens (including phenoxy) is 1. The van der Waals surface area contributed by atoms with Crippen LogP contribution in [0.5, 0.6) is 0 Å². The Morgan fingerprint density at radius 1 is 1.14 bits per heavy atom. The number of carbonyl (C=O) groups is 1. The van der Waals surface area contributed by atoms with Crippen LogP contribution in [0.25, 0.3) is 5.57 Å². The zero-order valence-electron chi connectivity index (χ0n) is 13.2. The molecule has 0 N–H and O–H groups in total. The van der Waals surface area contributed by atoms with E-state index in [0.29, 0.717) is 6.61 Å². The second-order valence-corrected chi connectivity index (χ2v) is 5.89.